The summed E-state index contributed by atoms with van der Waals surface area (Å²) in [6, 6.07) is 10.8. The highest BCUT2D eigenvalue weighted by atomic mass is 16.7. The van der Waals surface area contributed by atoms with Crippen molar-refractivity contribution in [3.63, 3.8) is 0 Å². The number of fused-ring (bicyclic) bond motifs is 1. The summed E-state index contributed by atoms with van der Waals surface area (Å²) >= 11 is 0. The number of anilines is 1. The van der Waals surface area contributed by atoms with Crippen LogP contribution in [-0.2, 0) is 14.4 Å². The topological polar surface area (TPSA) is 101 Å². The fraction of sp³-hybridized carbons (Fsp3) is 0.588. The Kier molecular flexibility index (Phi) is 17.0. The van der Waals surface area contributed by atoms with E-state index in [0.717, 1.165) is 43.2 Å². The maximum Gasteiger partial charge on any atom is 0.231 e. The van der Waals surface area contributed by atoms with Crippen molar-refractivity contribution in [2.24, 2.45) is 5.92 Å². The zero-order valence-electron chi connectivity index (χ0n) is 26.8. The van der Waals surface area contributed by atoms with Crippen LogP contribution in [0.1, 0.15) is 84.1 Å². The standard InChI is InChI=1S/C19H27NO3.C10H16N2.C5H9NO2/c1-3-14(2)4-6-17-10-16(12-20(17)8-9-21)15-5-7-18-19(11-15)23-13-22-18;1-3-4-8-12(2)10-6-5-7-11-9-10;1-5(8)2-3-6-4-7/h5,7,9,11,14,16-17H,3-4,6,8,10,12-13H2,1-2H3;5-7,9H,3-4,8H2,1-2H3;4H,2-3H2,1H3,(H,6,7). The molecule has 1 saturated heterocycles. The van der Waals surface area contributed by atoms with Gasteiger partial charge in [-0.15, -0.1) is 0 Å². The second-order valence-corrected chi connectivity index (χ2v) is 11.4. The minimum atomic E-state index is 0.0966. The second-order valence-electron chi connectivity index (χ2n) is 11.4. The number of aromatic nitrogens is 1. The lowest BCUT2D eigenvalue weighted by Crippen LogP contribution is -2.31. The first kappa shape index (κ1) is 35.7. The van der Waals surface area contributed by atoms with Crippen LogP contribution in [0.15, 0.2) is 42.7 Å². The lowest BCUT2D eigenvalue weighted by Gasteiger charge is -2.22. The molecule has 1 fully saturated rings. The predicted molar refractivity (Wildman–Crippen MR) is 172 cm³/mol. The first-order valence-corrected chi connectivity index (χ1v) is 15.7. The number of pyridine rings is 1. The summed E-state index contributed by atoms with van der Waals surface area (Å²) in [5.74, 6) is 3.03. The van der Waals surface area contributed by atoms with Gasteiger partial charge in [-0.05, 0) is 74.3 Å². The Bertz CT molecular complexity index is 1080. The highest BCUT2D eigenvalue weighted by Gasteiger charge is 2.33. The van der Waals surface area contributed by atoms with Crippen LogP contribution in [-0.4, -0.2) is 74.4 Å². The van der Waals surface area contributed by atoms with E-state index in [9.17, 15) is 14.4 Å². The highest BCUT2D eigenvalue weighted by molar-refractivity contribution is 5.75. The number of nitrogens with zero attached hydrogens (tertiary/aromatic N) is 3. The van der Waals surface area contributed by atoms with Gasteiger partial charge in [0.1, 0.15) is 12.1 Å². The highest BCUT2D eigenvalue weighted by Crippen LogP contribution is 2.39. The Hall–Kier alpha value is -3.46. The molecule has 3 atom stereocenters. The summed E-state index contributed by atoms with van der Waals surface area (Å²) in [6.45, 7) is 11.7. The van der Waals surface area contributed by atoms with E-state index in [4.69, 9.17) is 9.47 Å². The number of hydrogen-bond donors (Lipinski definition) is 1. The third-order valence-electron chi connectivity index (χ3n) is 8.03. The van der Waals surface area contributed by atoms with Crippen molar-refractivity contribution in [3.05, 3.63) is 48.3 Å². The molecule has 2 aliphatic heterocycles. The summed E-state index contributed by atoms with van der Waals surface area (Å²) in [6.07, 6.45) is 13.0. The van der Waals surface area contributed by atoms with Gasteiger partial charge in [-0.2, -0.15) is 0 Å². The molecule has 1 N–H and O–H groups in total. The molecule has 1 aromatic carbocycles. The van der Waals surface area contributed by atoms with Crippen molar-refractivity contribution in [1.82, 2.24) is 15.2 Å². The van der Waals surface area contributed by atoms with Crippen LogP contribution in [0.5, 0.6) is 11.5 Å². The average Bonchev–Trinajstić information content (AvgIpc) is 3.66. The molecule has 3 heterocycles. The van der Waals surface area contributed by atoms with Gasteiger partial charge >= 0.3 is 0 Å². The molecule has 238 valence electrons. The number of carbonyl (C=O) groups is 3. The number of rotatable bonds is 15. The maximum absolute atomic E-state index is 11.0. The molecule has 1 aromatic heterocycles. The number of likely N-dealkylation sites (tertiary alicyclic amines) is 1. The minimum Gasteiger partial charge on any atom is -0.454 e. The molecule has 0 bridgehead atoms. The monoisotopic (exact) mass is 596 g/mol. The van der Waals surface area contributed by atoms with Gasteiger partial charge in [-0.3, -0.25) is 19.5 Å². The average molecular weight is 597 g/mol. The SMILES string of the molecule is CC(=O)CCNC=O.CCC(C)CCC1CC(c2ccc3c(c2)OCO3)CN1CC=O.CCCCN(C)c1cccnc1. The van der Waals surface area contributed by atoms with Gasteiger partial charge < -0.3 is 24.5 Å². The number of carbonyl (C=O) groups excluding carboxylic acids is 3. The van der Waals surface area contributed by atoms with Crippen molar-refractivity contribution in [1.29, 1.82) is 0 Å². The maximum atomic E-state index is 11.0. The molecule has 0 radical (unpaired) electrons. The number of Topliss-reactive ketones (excluding diaryl/α,β-unsaturated/α-hetero) is 1. The van der Waals surface area contributed by atoms with Crippen molar-refractivity contribution in [3.8, 4) is 11.5 Å². The third kappa shape index (κ3) is 13.2. The number of nitrogens with one attached hydrogen (secondary N) is 1. The lowest BCUT2D eigenvalue weighted by atomic mass is 9.92. The van der Waals surface area contributed by atoms with E-state index in [1.807, 2.05) is 18.3 Å². The van der Waals surface area contributed by atoms with Crippen LogP contribution >= 0.6 is 0 Å². The molecule has 4 rings (SSSR count). The van der Waals surface area contributed by atoms with Gasteiger partial charge in [0.2, 0.25) is 13.2 Å². The molecule has 3 unspecified atom stereocenters. The first-order chi connectivity index (χ1) is 20.8. The van der Waals surface area contributed by atoms with E-state index in [-0.39, 0.29) is 5.78 Å². The lowest BCUT2D eigenvalue weighted by molar-refractivity contribution is -0.117. The molecule has 2 aromatic rings. The second kappa shape index (κ2) is 20.4. The van der Waals surface area contributed by atoms with E-state index in [0.29, 0.717) is 44.7 Å². The molecule has 0 saturated carbocycles. The van der Waals surface area contributed by atoms with Crippen LogP contribution in [0.25, 0.3) is 0 Å². The fourth-order valence-electron chi connectivity index (χ4n) is 5.10. The summed E-state index contributed by atoms with van der Waals surface area (Å²) in [5, 5.41) is 2.38. The van der Waals surface area contributed by atoms with E-state index in [1.165, 1.54) is 50.3 Å². The Morgan fingerprint density at radius 2 is 2.00 bits per heavy atom. The molecule has 1 amide bonds. The van der Waals surface area contributed by atoms with Crippen molar-refractivity contribution >= 4 is 24.2 Å². The Morgan fingerprint density at radius 1 is 1.21 bits per heavy atom. The molecule has 9 heteroatoms. The summed E-state index contributed by atoms with van der Waals surface area (Å²) in [4.78, 5) is 39.4. The molecular formula is C34H52N4O5. The van der Waals surface area contributed by atoms with E-state index in [2.05, 4.69) is 66.1 Å². The van der Waals surface area contributed by atoms with Gasteiger partial charge in [-0.25, -0.2) is 0 Å². The quantitative estimate of drug-likeness (QED) is 0.209. The first-order valence-electron chi connectivity index (χ1n) is 15.7. The van der Waals surface area contributed by atoms with Gasteiger partial charge in [0, 0.05) is 45.3 Å². The molecule has 43 heavy (non-hydrogen) atoms. The summed E-state index contributed by atoms with van der Waals surface area (Å²) in [7, 11) is 2.10. The number of aldehydes is 1. The van der Waals surface area contributed by atoms with Crippen LogP contribution in [0.2, 0.25) is 0 Å². The van der Waals surface area contributed by atoms with Crippen molar-refractivity contribution in [2.45, 2.75) is 84.6 Å². The third-order valence-corrected chi connectivity index (χ3v) is 8.03. The number of ether oxygens (including phenoxy) is 2. The molecule has 2 aliphatic rings. The fourth-order valence-corrected chi connectivity index (χ4v) is 5.10. The summed E-state index contributed by atoms with van der Waals surface area (Å²) in [5.41, 5.74) is 2.50. The number of unbranched alkanes of at least 4 members (excludes halogenated alkanes) is 1. The van der Waals surface area contributed by atoms with Crippen molar-refractivity contribution in [2.75, 3.05) is 44.9 Å². The van der Waals surface area contributed by atoms with Crippen molar-refractivity contribution < 1.29 is 23.9 Å². The van der Waals surface area contributed by atoms with Crippen LogP contribution in [0.3, 0.4) is 0 Å². The Balaban J connectivity index is 0.000000269. The molecule has 0 aliphatic carbocycles. The van der Waals surface area contributed by atoms with Crippen LogP contribution in [0.4, 0.5) is 5.69 Å². The zero-order chi connectivity index (χ0) is 31.5. The number of hydrogen-bond acceptors (Lipinski definition) is 8. The Labute approximate surface area is 258 Å². The number of amides is 1. The van der Waals surface area contributed by atoms with Crippen LogP contribution in [0, 0.1) is 5.92 Å². The minimum absolute atomic E-state index is 0.0966. The molecule has 9 nitrogen and oxygen atoms in total. The van der Waals surface area contributed by atoms with Crippen LogP contribution < -0.4 is 19.7 Å². The van der Waals surface area contributed by atoms with Gasteiger partial charge in [0.25, 0.3) is 0 Å². The van der Waals surface area contributed by atoms with E-state index < -0.39 is 0 Å². The smallest absolute Gasteiger partial charge is 0.231 e. The van der Waals surface area contributed by atoms with Gasteiger partial charge in [0.15, 0.2) is 11.5 Å². The number of ketones is 1. The normalized spacial score (nSPS) is 17.5. The summed E-state index contributed by atoms with van der Waals surface area (Å²) < 4.78 is 10.9. The largest absolute Gasteiger partial charge is 0.454 e. The van der Waals surface area contributed by atoms with Gasteiger partial charge in [0.05, 0.1) is 18.4 Å². The Morgan fingerprint density at radius 3 is 2.65 bits per heavy atom. The zero-order valence-corrected chi connectivity index (χ0v) is 26.8. The van der Waals surface area contributed by atoms with E-state index >= 15 is 0 Å². The number of benzene rings is 1. The van der Waals surface area contributed by atoms with E-state index in [1.54, 1.807) is 6.20 Å². The molecule has 0 spiro atoms. The van der Waals surface area contributed by atoms with Gasteiger partial charge in [-0.1, -0.05) is 39.7 Å². The predicted octanol–water partition coefficient (Wildman–Crippen LogP) is 5.63. The molecular weight excluding hydrogens is 544 g/mol.